The lowest BCUT2D eigenvalue weighted by Gasteiger charge is -2.33. The van der Waals surface area contributed by atoms with Crippen LogP contribution in [0.1, 0.15) is 164 Å². The van der Waals surface area contributed by atoms with Crippen molar-refractivity contribution in [2.45, 2.75) is 244 Å². The molecule has 5 heterocycles. The third kappa shape index (κ3) is 38.5. The molecule has 0 radical (unpaired) electrons. The molecule has 106 heavy (non-hydrogen) atoms. The zero-order valence-corrected chi connectivity index (χ0v) is 70.7. The van der Waals surface area contributed by atoms with Crippen molar-refractivity contribution < 1.29 is 33.6 Å². The molecule has 15 N–H and O–H groups in total. The molecule has 0 spiro atoms. The van der Waals surface area contributed by atoms with E-state index in [4.69, 9.17) is 22.0 Å². The summed E-state index contributed by atoms with van der Waals surface area (Å²) in [4.78, 5) is 73.5. The molecule has 4 aromatic rings. The molecule has 1 fully saturated rings. The lowest BCUT2D eigenvalue weighted by Crippen LogP contribution is -2.35. The van der Waals surface area contributed by atoms with Crippen LogP contribution in [-0.4, -0.2) is 133 Å². The molecule has 0 bridgehead atoms. The third-order valence-corrected chi connectivity index (χ3v) is 38.7. The van der Waals surface area contributed by atoms with E-state index < -0.39 is 67.8 Å². The highest BCUT2D eigenvalue weighted by Crippen LogP contribution is 2.39. The maximum absolute atomic E-state index is 12.2. The van der Waals surface area contributed by atoms with E-state index in [0.29, 0.717) is 11.6 Å². The van der Waals surface area contributed by atoms with Crippen LogP contribution < -0.4 is 35.7 Å². The third-order valence-electron chi connectivity index (χ3n) is 16.8. The first-order valence-corrected chi connectivity index (χ1v) is 46.5. The summed E-state index contributed by atoms with van der Waals surface area (Å²) in [6, 6.07) is 17.4. The lowest BCUT2D eigenvalue weighted by atomic mass is 10.4. The van der Waals surface area contributed by atoms with E-state index in [1.165, 1.54) is 73.1 Å². The van der Waals surface area contributed by atoms with Crippen LogP contribution in [0.4, 0.5) is 0 Å². The molecule has 4 aromatic heterocycles. The Morgan fingerprint density at radius 3 is 0.670 bits per heavy atom. The summed E-state index contributed by atoms with van der Waals surface area (Å²) in [5.41, 5.74) is 30.9. The highest BCUT2D eigenvalue weighted by Gasteiger charge is 2.37. The van der Waals surface area contributed by atoms with Crippen molar-refractivity contribution in [2.24, 2.45) is 17.2 Å². The Morgan fingerprint density at radius 2 is 0.509 bits per heavy atom. The van der Waals surface area contributed by atoms with Crippen molar-refractivity contribution in [1.82, 2.24) is 83.5 Å². The molecule has 0 aliphatic carbocycles. The number of carbonyl (C=O) groups excluding carboxylic acids is 6. The molecular formula is C76H131N19O7Si4. The van der Waals surface area contributed by atoms with Crippen molar-refractivity contribution in [1.29, 1.82) is 0 Å². The maximum atomic E-state index is 12.2. The Kier molecular flexibility index (Phi) is 44.7. The molecule has 1 aliphatic heterocycles. The molecule has 0 unspecified atom stereocenters. The first-order valence-electron chi connectivity index (χ1n) is 35.2. The number of aryl methyl sites for hydroxylation is 4. The first kappa shape index (κ1) is 99.3. The van der Waals surface area contributed by atoms with Gasteiger partial charge in [-0.2, -0.15) is 0 Å². The van der Waals surface area contributed by atoms with Gasteiger partial charge in [-0.1, -0.05) is 112 Å². The fourth-order valence-corrected chi connectivity index (χ4v) is 37.4. The van der Waals surface area contributed by atoms with Crippen LogP contribution in [0.25, 0.3) is 0 Å². The summed E-state index contributed by atoms with van der Waals surface area (Å²) < 4.78 is 6.68. The fraction of sp³-hybridized carbons (Fsp3) is 0.500. The van der Waals surface area contributed by atoms with Gasteiger partial charge in [0, 0.05) is 39.0 Å². The van der Waals surface area contributed by atoms with Crippen LogP contribution >= 0.6 is 0 Å². The average Bonchev–Trinajstić information content (AvgIpc) is 1.57. The van der Waals surface area contributed by atoms with Gasteiger partial charge in [0.05, 0.1) is 57.1 Å². The largest absolute Gasteiger partial charge is 0.385 e. The monoisotopic (exact) mass is 1530 g/mol. The SMILES string of the molecule is C=C(C)C[Si](CCCn1cc(C(=O)ON2C(=O)CCC2=O)nn1)(CC(=C)C)CC(=C)C.C=C(C)C[Si](CCCn1cc(C(N)=O)nn1)(CC(=C)C)CC(=C)C.C=C(C)C[Si](CCCn1cc(C(N)=O)nn1)(CC(=C)C)CC(=C)C.C=C(C)C[Si](CCCn1cc(C(N)=O)nn1)(CC(=C)C)CC(=C)C.N.N.N. The van der Waals surface area contributed by atoms with E-state index in [9.17, 15) is 28.8 Å². The van der Waals surface area contributed by atoms with E-state index in [1.54, 1.807) is 37.3 Å². The highest BCUT2D eigenvalue weighted by molar-refractivity contribution is 6.83. The van der Waals surface area contributed by atoms with Gasteiger partial charge in [0.1, 0.15) is 0 Å². The Hall–Kier alpha value is -8.79. The van der Waals surface area contributed by atoms with Crippen molar-refractivity contribution in [3.05, 3.63) is 193 Å². The predicted molar refractivity (Wildman–Crippen MR) is 443 cm³/mol. The predicted octanol–water partition coefficient (Wildman–Crippen LogP) is 16.4. The van der Waals surface area contributed by atoms with Crippen molar-refractivity contribution in [3.63, 3.8) is 0 Å². The van der Waals surface area contributed by atoms with Gasteiger partial charge in [0.25, 0.3) is 29.5 Å². The summed E-state index contributed by atoms with van der Waals surface area (Å²) in [5.74, 6) is -3.56. The summed E-state index contributed by atoms with van der Waals surface area (Å²) >= 11 is 0. The second-order valence-corrected chi connectivity index (χ2v) is 48.8. The van der Waals surface area contributed by atoms with Crippen LogP contribution in [0, 0.1) is 0 Å². The van der Waals surface area contributed by atoms with Crippen molar-refractivity contribution >= 4 is 67.8 Å². The van der Waals surface area contributed by atoms with Gasteiger partial charge >= 0.3 is 5.97 Å². The summed E-state index contributed by atoms with van der Waals surface area (Å²) in [6.45, 7) is 77.7. The number of primary amides is 3. The minimum absolute atomic E-state index is 0. The number of amides is 5. The molecule has 30 heteroatoms. The number of rotatable bonds is 45. The van der Waals surface area contributed by atoms with Crippen LogP contribution in [-0.2, 0) is 40.6 Å². The number of hydroxylamine groups is 2. The number of aromatic nitrogens is 12. The van der Waals surface area contributed by atoms with E-state index in [1.807, 2.05) is 0 Å². The molecular weight excluding hydrogens is 1400 g/mol. The number of hydrogen-bond donors (Lipinski definition) is 6. The normalized spacial score (nSPS) is 11.8. The first-order chi connectivity index (χ1) is 47.9. The topological polar surface area (TPSA) is 421 Å². The van der Waals surface area contributed by atoms with Crippen LogP contribution in [0.2, 0.25) is 96.7 Å². The van der Waals surface area contributed by atoms with E-state index in [2.05, 4.69) is 203 Å². The van der Waals surface area contributed by atoms with Crippen LogP contribution in [0.15, 0.2) is 171 Å². The average molecular weight is 1540 g/mol. The van der Waals surface area contributed by atoms with E-state index in [0.717, 1.165) is 142 Å². The highest BCUT2D eigenvalue weighted by atomic mass is 28.3. The molecule has 1 saturated heterocycles. The molecule has 26 nitrogen and oxygen atoms in total. The van der Waals surface area contributed by atoms with Gasteiger partial charge in [-0.25, -0.2) is 4.79 Å². The van der Waals surface area contributed by atoms with Gasteiger partial charge in [-0.15, -0.1) is 104 Å². The number of hydrogen-bond acceptors (Lipinski definition) is 18. The molecule has 0 saturated carbocycles. The van der Waals surface area contributed by atoms with E-state index in [-0.39, 0.29) is 54.1 Å². The molecule has 5 amide bonds. The maximum Gasteiger partial charge on any atom is 0.385 e. The van der Waals surface area contributed by atoms with Crippen LogP contribution in [0.5, 0.6) is 0 Å². The molecule has 1 aliphatic rings. The Labute approximate surface area is 636 Å². The van der Waals surface area contributed by atoms with E-state index >= 15 is 0 Å². The van der Waals surface area contributed by atoms with Crippen molar-refractivity contribution in [2.75, 3.05) is 0 Å². The second-order valence-electron chi connectivity index (χ2n) is 30.5. The summed E-state index contributed by atoms with van der Waals surface area (Å²) in [6.07, 6.45) is 10.2. The molecule has 588 valence electrons. The molecule has 5 rings (SSSR count). The second kappa shape index (κ2) is 47.7. The van der Waals surface area contributed by atoms with Gasteiger partial charge in [-0.05, 0) is 181 Å². The van der Waals surface area contributed by atoms with Gasteiger partial charge < -0.3 is 40.5 Å². The minimum Gasteiger partial charge on any atom is -0.364 e. The smallest absolute Gasteiger partial charge is 0.364 e. The van der Waals surface area contributed by atoms with Crippen LogP contribution in [0.3, 0.4) is 0 Å². The lowest BCUT2D eigenvalue weighted by molar-refractivity contribution is -0.172. The standard InChI is InChI=1S/C22H32N4O4Si.3C18H30N4OSi.3H3N/c1-16(2)13-31(14-17(3)4,15-18(5)6)11-7-10-25-12-19(23-24-25)22(29)30-26-20(27)8-9-21(26)28;3*1-14(2)11-24(12-15(3)4,13-16(5)6)9-7-8-22-10-17(18(19)23)20-21-22;;;/h12H,1,3,5,7-11,13-15H2,2,4,6H3;3*10H,1,3,5,7-9,11-13H2,2,4,6H3,(H2,19,23);3*1H3. The number of imide groups is 1. The Morgan fingerprint density at radius 1 is 0.340 bits per heavy atom. The number of nitrogens with two attached hydrogens (primary N) is 3. The van der Waals surface area contributed by atoms with Gasteiger partial charge in [-0.3, -0.25) is 42.7 Å². The number of carbonyl (C=O) groups is 6. The fourth-order valence-electron chi connectivity index (χ4n) is 14.8. The number of nitrogens with zero attached hydrogens (tertiary/aromatic N) is 13. The van der Waals surface area contributed by atoms with Gasteiger partial charge in [0.2, 0.25) is 0 Å². The zero-order valence-electron chi connectivity index (χ0n) is 66.7. The minimum atomic E-state index is -1.73. The van der Waals surface area contributed by atoms with Crippen molar-refractivity contribution in [3.8, 4) is 0 Å². The van der Waals surface area contributed by atoms with Gasteiger partial charge in [0.15, 0.2) is 22.8 Å². The molecule has 0 aromatic carbocycles. The summed E-state index contributed by atoms with van der Waals surface area (Å²) in [7, 11) is -6.54. The summed E-state index contributed by atoms with van der Waals surface area (Å²) in [5, 5.41) is 31.6. The Balaban J connectivity index is 0. The Bertz CT molecular complexity index is 3320. The molecule has 0 atom stereocenters. The number of allylic oxidation sites excluding steroid dienone is 12. The zero-order chi connectivity index (χ0) is 78.2. The quantitative estimate of drug-likeness (QED) is 0.0136.